The molecule has 0 aromatic heterocycles. The minimum absolute atomic E-state index is 0.0149. The second kappa shape index (κ2) is 6.91. The van der Waals surface area contributed by atoms with E-state index in [1.165, 1.54) is 13.2 Å². The molecule has 0 aliphatic carbocycles. The number of hydrogen-bond acceptors (Lipinski definition) is 4. The van der Waals surface area contributed by atoms with Crippen LogP contribution in [0.2, 0.25) is 0 Å². The van der Waals surface area contributed by atoms with Crippen LogP contribution in [0.15, 0.2) is 23.1 Å². The van der Waals surface area contributed by atoms with Gasteiger partial charge in [0.05, 0.1) is 13.5 Å². The van der Waals surface area contributed by atoms with Crippen LogP contribution >= 0.6 is 0 Å². The fourth-order valence-electron chi connectivity index (χ4n) is 1.86. The third kappa shape index (κ3) is 4.71. The van der Waals surface area contributed by atoms with Crippen molar-refractivity contribution in [1.82, 2.24) is 4.72 Å². The number of aliphatic carboxylic acids is 1. The molecule has 2 N–H and O–H groups in total. The Morgan fingerprint density at radius 1 is 1.38 bits per heavy atom. The highest BCUT2D eigenvalue weighted by Crippen LogP contribution is 2.25. The maximum Gasteiger partial charge on any atom is 0.304 e. The summed E-state index contributed by atoms with van der Waals surface area (Å²) in [5.74, 6) is -0.967. The molecule has 6 nitrogen and oxygen atoms in total. The first-order valence-electron chi connectivity index (χ1n) is 6.56. The quantitative estimate of drug-likeness (QED) is 0.800. The van der Waals surface area contributed by atoms with Crippen molar-refractivity contribution in [2.24, 2.45) is 5.92 Å². The Morgan fingerprint density at radius 2 is 2.00 bits per heavy atom. The Kier molecular flexibility index (Phi) is 5.74. The first-order valence-corrected chi connectivity index (χ1v) is 8.04. The molecule has 118 valence electrons. The molecular formula is C14H21NO5S. The van der Waals surface area contributed by atoms with Crippen LogP contribution in [-0.2, 0) is 14.8 Å². The van der Waals surface area contributed by atoms with Gasteiger partial charge < -0.3 is 9.84 Å². The smallest absolute Gasteiger partial charge is 0.304 e. The summed E-state index contributed by atoms with van der Waals surface area (Å²) in [6.07, 6.45) is -0.273. The molecule has 0 saturated heterocycles. The SMILES string of the molecule is COc1ccc(C)cc1S(=O)(=O)NC(CC(=O)O)C(C)C. The zero-order valence-electron chi connectivity index (χ0n) is 12.6. The average molecular weight is 315 g/mol. The number of rotatable bonds is 7. The van der Waals surface area contributed by atoms with Gasteiger partial charge in [-0.2, -0.15) is 0 Å². The molecule has 0 aliphatic rings. The third-order valence-corrected chi connectivity index (χ3v) is 4.63. The molecule has 0 fully saturated rings. The lowest BCUT2D eigenvalue weighted by Gasteiger charge is -2.21. The van der Waals surface area contributed by atoms with Gasteiger partial charge in [-0.25, -0.2) is 13.1 Å². The number of ether oxygens (including phenoxy) is 1. The van der Waals surface area contributed by atoms with Gasteiger partial charge >= 0.3 is 5.97 Å². The fraction of sp³-hybridized carbons (Fsp3) is 0.500. The van der Waals surface area contributed by atoms with E-state index in [0.29, 0.717) is 0 Å². The molecule has 1 aromatic carbocycles. The molecular weight excluding hydrogens is 294 g/mol. The number of methoxy groups -OCH3 is 1. The molecule has 0 bridgehead atoms. The van der Waals surface area contributed by atoms with Crippen molar-refractivity contribution >= 4 is 16.0 Å². The molecule has 7 heteroatoms. The van der Waals surface area contributed by atoms with E-state index in [1.54, 1.807) is 32.9 Å². The van der Waals surface area contributed by atoms with Crippen molar-refractivity contribution in [2.45, 2.75) is 38.1 Å². The number of carbonyl (C=O) groups is 1. The maximum absolute atomic E-state index is 12.5. The Balaban J connectivity index is 3.15. The van der Waals surface area contributed by atoms with Gasteiger partial charge in [-0.15, -0.1) is 0 Å². The first-order chi connectivity index (χ1) is 9.67. The standard InChI is InChI=1S/C14H21NO5S/c1-9(2)11(8-14(16)17)15-21(18,19)13-7-10(3)5-6-12(13)20-4/h5-7,9,11,15H,8H2,1-4H3,(H,16,17). The Morgan fingerprint density at radius 3 is 2.48 bits per heavy atom. The highest BCUT2D eigenvalue weighted by atomic mass is 32.2. The molecule has 0 amide bonds. The van der Waals surface area contributed by atoms with Crippen LogP contribution in [0.4, 0.5) is 0 Å². The lowest BCUT2D eigenvalue weighted by molar-refractivity contribution is -0.137. The van der Waals surface area contributed by atoms with Crippen LogP contribution < -0.4 is 9.46 Å². The third-order valence-electron chi connectivity index (χ3n) is 3.11. The Hall–Kier alpha value is -1.60. The van der Waals surface area contributed by atoms with Crippen molar-refractivity contribution in [3.05, 3.63) is 23.8 Å². The molecule has 0 saturated carbocycles. The van der Waals surface area contributed by atoms with Crippen LogP contribution in [0.25, 0.3) is 0 Å². The maximum atomic E-state index is 12.5. The number of nitrogens with one attached hydrogen (secondary N) is 1. The van der Waals surface area contributed by atoms with E-state index in [4.69, 9.17) is 9.84 Å². The zero-order chi connectivity index (χ0) is 16.2. The van der Waals surface area contributed by atoms with Crippen LogP contribution in [0, 0.1) is 12.8 Å². The zero-order valence-corrected chi connectivity index (χ0v) is 13.4. The number of aryl methyl sites for hydroxylation is 1. The van der Waals surface area contributed by atoms with E-state index in [-0.39, 0.29) is 23.0 Å². The summed E-state index contributed by atoms with van der Waals surface area (Å²) in [7, 11) is -2.46. The summed E-state index contributed by atoms with van der Waals surface area (Å²) in [6, 6.07) is 4.14. The van der Waals surface area contributed by atoms with E-state index >= 15 is 0 Å². The van der Waals surface area contributed by atoms with Gasteiger partial charge in [0, 0.05) is 6.04 Å². The van der Waals surface area contributed by atoms with Gasteiger partial charge in [-0.1, -0.05) is 19.9 Å². The van der Waals surface area contributed by atoms with E-state index in [2.05, 4.69) is 4.72 Å². The monoisotopic (exact) mass is 315 g/mol. The molecule has 0 heterocycles. The molecule has 21 heavy (non-hydrogen) atoms. The Labute approximate surface area is 125 Å². The highest BCUT2D eigenvalue weighted by molar-refractivity contribution is 7.89. The second-order valence-electron chi connectivity index (χ2n) is 5.22. The van der Waals surface area contributed by atoms with Crippen molar-refractivity contribution < 1.29 is 23.1 Å². The van der Waals surface area contributed by atoms with Crippen molar-refractivity contribution in [1.29, 1.82) is 0 Å². The molecule has 0 spiro atoms. The summed E-state index contributed by atoms with van der Waals surface area (Å²) in [5.41, 5.74) is 0.774. The number of hydrogen-bond donors (Lipinski definition) is 2. The molecule has 0 radical (unpaired) electrons. The van der Waals surface area contributed by atoms with Gasteiger partial charge in [0.25, 0.3) is 0 Å². The van der Waals surface area contributed by atoms with E-state index < -0.39 is 22.0 Å². The molecule has 1 rings (SSSR count). The van der Waals surface area contributed by atoms with Gasteiger partial charge in [0.15, 0.2) is 0 Å². The predicted octanol–water partition coefficient (Wildman–Crippen LogP) is 1.78. The fourth-order valence-corrected chi connectivity index (χ4v) is 3.50. The Bertz CT molecular complexity index is 610. The molecule has 0 aliphatic heterocycles. The predicted molar refractivity (Wildman–Crippen MR) is 78.9 cm³/mol. The summed E-state index contributed by atoms with van der Waals surface area (Å²) in [4.78, 5) is 10.9. The van der Waals surface area contributed by atoms with Crippen molar-refractivity contribution in [3.8, 4) is 5.75 Å². The summed E-state index contributed by atoms with van der Waals surface area (Å²) in [5, 5.41) is 8.89. The van der Waals surface area contributed by atoms with Crippen molar-refractivity contribution in [2.75, 3.05) is 7.11 Å². The average Bonchev–Trinajstić information content (AvgIpc) is 2.37. The lowest BCUT2D eigenvalue weighted by Crippen LogP contribution is -2.40. The molecule has 1 unspecified atom stereocenters. The lowest BCUT2D eigenvalue weighted by atomic mass is 10.0. The normalized spacial score (nSPS) is 13.2. The van der Waals surface area contributed by atoms with Crippen LogP contribution in [-0.4, -0.2) is 32.6 Å². The minimum Gasteiger partial charge on any atom is -0.495 e. The van der Waals surface area contributed by atoms with Gasteiger partial charge in [-0.05, 0) is 30.5 Å². The first kappa shape index (κ1) is 17.5. The van der Waals surface area contributed by atoms with E-state index in [9.17, 15) is 13.2 Å². The highest BCUT2D eigenvalue weighted by Gasteiger charge is 2.26. The number of carboxylic acid groups (broad SMARTS) is 1. The van der Waals surface area contributed by atoms with E-state index in [0.717, 1.165) is 5.56 Å². The number of carboxylic acids is 1. The van der Waals surface area contributed by atoms with Gasteiger partial charge in [-0.3, -0.25) is 4.79 Å². The molecule has 1 atom stereocenters. The largest absolute Gasteiger partial charge is 0.495 e. The van der Waals surface area contributed by atoms with E-state index in [1.807, 2.05) is 0 Å². The second-order valence-corrected chi connectivity index (χ2v) is 6.91. The number of sulfonamides is 1. The van der Waals surface area contributed by atoms with Gasteiger partial charge in [0.1, 0.15) is 10.6 Å². The van der Waals surface area contributed by atoms with Crippen LogP contribution in [0.5, 0.6) is 5.75 Å². The summed E-state index contributed by atoms with van der Waals surface area (Å²) < 4.78 is 32.5. The topological polar surface area (TPSA) is 92.7 Å². The van der Waals surface area contributed by atoms with Crippen LogP contribution in [0.3, 0.4) is 0 Å². The summed E-state index contributed by atoms with van der Waals surface area (Å²) in [6.45, 7) is 5.31. The van der Waals surface area contributed by atoms with Gasteiger partial charge in [0.2, 0.25) is 10.0 Å². The minimum atomic E-state index is -3.85. The molecule has 1 aromatic rings. The van der Waals surface area contributed by atoms with Crippen LogP contribution in [0.1, 0.15) is 25.8 Å². The number of benzene rings is 1. The summed E-state index contributed by atoms with van der Waals surface area (Å²) >= 11 is 0. The van der Waals surface area contributed by atoms with Crippen molar-refractivity contribution in [3.63, 3.8) is 0 Å².